The summed E-state index contributed by atoms with van der Waals surface area (Å²) in [6, 6.07) is 0. The average Bonchev–Trinajstić information content (AvgIpc) is 2.82. The zero-order valence-electron chi connectivity index (χ0n) is 10.2. The largest absolute Gasteiger partial charge is 0.354 e. The number of aromatic nitrogens is 5. The van der Waals surface area contributed by atoms with Crippen molar-refractivity contribution in [1.82, 2.24) is 30.3 Å². The molecule has 0 aliphatic rings. The summed E-state index contributed by atoms with van der Waals surface area (Å²) in [4.78, 5) is 6.40. The molecule has 7 nitrogen and oxygen atoms in total. The Kier molecular flexibility index (Phi) is 3.81. The molecule has 2 aromatic rings. The maximum absolute atomic E-state index is 4.17. The normalized spacial score (nSPS) is 10.9. The van der Waals surface area contributed by atoms with E-state index in [0.717, 1.165) is 31.9 Å². The lowest BCUT2D eigenvalue weighted by molar-refractivity contribution is 0.683. The van der Waals surface area contributed by atoms with Crippen molar-refractivity contribution in [1.29, 1.82) is 0 Å². The molecule has 0 aliphatic carbocycles. The molecule has 2 aromatic heterocycles. The molecule has 0 saturated heterocycles. The number of fused-ring (bicyclic) bond motifs is 1. The Morgan fingerprint density at radius 3 is 3.00 bits per heavy atom. The highest BCUT2D eigenvalue weighted by atomic mass is 15.5. The van der Waals surface area contributed by atoms with Crippen LogP contribution in [0.4, 0.5) is 5.82 Å². The number of hydrogen-bond acceptors (Lipinski definition) is 6. The molecule has 1 N–H and O–H groups in total. The minimum atomic E-state index is 0.674. The molecule has 2 rings (SSSR count). The van der Waals surface area contributed by atoms with Crippen molar-refractivity contribution in [3.63, 3.8) is 0 Å². The SMILES string of the molecule is CCCN(CCNC)c1cncc2nnnn12. The van der Waals surface area contributed by atoms with E-state index in [4.69, 9.17) is 0 Å². The van der Waals surface area contributed by atoms with Crippen LogP contribution in [-0.4, -0.2) is 51.7 Å². The van der Waals surface area contributed by atoms with Gasteiger partial charge in [0.25, 0.3) is 0 Å². The Labute approximate surface area is 99.8 Å². The number of likely N-dealkylation sites (N-methyl/N-ethyl adjacent to an activating group) is 1. The van der Waals surface area contributed by atoms with Crippen molar-refractivity contribution >= 4 is 11.5 Å². The lowest BCUT2D eigenvalue weighted by atomic mass is 10.4. The fourth-order valence-corrected chi connectivity index (χ4v) is 1.74. The van der Waals surface area contributed by atoms with Gasteiger partial charge in [-0.3, -0.25) is 4.98 Å². The van der Waals surface area contributed by atoms with Gasteiger partial charge in [-0.05, 0) is 23.9 Å². The lowest BCUT2D eigenvalue weighted by Crippen LogP contribution is -2.33. The fourth-order valence-electron chi connectivity index (χ4n) is 1.74. The molecule has 0 aromatic carbocycles. The Balaban J connectivity index is 2.30. The molecule has 2 heterocycles. The van der Waals surface area contributed by atoms with Crippen LogP contribution in [0.15, 0.2) is 12.4 Å². The number of nitrogens with zero attached hydrogens (tertiary/aromatic N) is 6. The van der Waals surface area contributed by atoms with E-state index < -0.39 is 0 Å². The van der Waals surface area contributed by atoms with Crippen LogP contribution in [-0.2, 0) is 0 Å². The van der Waals surface area contributed by atoms with E-state index in [1.54, 1.807) is 16.9 Å². The van der Waals surface area contributed by atoms with Crippen molar-refractivity contribution in [2.75, 3.05) is 31.6 Å². The molecule has 17 heavy (non-hydrogen) atoms. The van der Waals surface area contributed by atoms with Gasteiger partial charge in [0.2, 0.25) is 0 Å². The Hall–Kier alpha value is -1.76. The van der Waals surface area contributed by atoms with Gasteiger partial charge in [-0.25, -0.2) is 0 Å². The summed E-state index contributed by atoms with van der Waals surface area (Å²) in [6.45, 7) is 4.94. The lowest BCUT2D eigenvalue weighted by Gasteiger charge is -2.23. The van der Waals surface area contributed by atoms with E-state index >= 15 is 0 Å². The van der Waals surface area contributed by atoms with Gasteiger partial charge < -0.3 is 10.2 Å². The molecule has 92 valence electrons. The van der Waals surface area contributed by atoms with Crippen molar-refractivity contribution in [2.45, 2.75) is 13.3 Å². The number of anilines is 1. The Bertz CT molecular complexity index is 466. The first-order chi connectivity index (χ1) is 8.36. The minimum absolute atomic E-state index is 0.674. The zero-order chi connectivity index (χ0) is 12.1. The predicted octanol–water partition coefficient (Wildman–Crippen LogP) is -0.0449. The standard InChI is InChI=1S/C10H17N7/c1-3-5-16(6-4-11-2)10-8-12-7-9-13-14-15-17(9)10/h7-8,11H,3-6H2,1-2H3. The molecule has 0 amide bonds. The first kappa shape index (κ1) is 11.7. The van der Waals surface area contributed by atoms with Gasteiger partial charge in [-0.15, -0.1) is 5.10 Å². The van der Waals surface area contributed by atoms with E-state index in [2.05, 4.69) is 37.6 Å². The number of tetrazole rings is 1. The highest BCUT2D eigenvalue weighted by molar-refractivity contribution is 5.45. The molecule has 0 unspecified atom stereocenters. The summed E-state index contributed by atoms with van der Waals surface area (Å²) >= 11 is 0. The summed E-state index contributed by atoms with van der Waals surface area (Å²) in [5, 5.41) is 14.7. The van der Waals surface area contributed by atoms with Gasteiger partial charge in [0, 0.05) is 19.6 Å². The van der Waals surface area contributed by atoms with Gasteiger partial charge in [0.05, 0.1) is 12.4 Å². The quantitative estimate of drug-likeness (QED) is 0.757. The van der Waals surface area contributed by atoms with Crippen molar-refractivity contribution in [3.8, 4) is 0 Å². The van der Waals surface area contributed by atoms with E-state index in [9.17, 15) is 0 Å². The molecule has 0 atom stereocenters. The second kappa shape index (κ2) is 5.53. The highest BCUT2D eigenvalue weighted by Crippen LogP contribution is 2.12. The molecule has 0 aliphatic heterocycles. The van der Waals surface area contributed by atoms with Crippen molar-refractivity contribution < 1.29 is 0 Å². The minimum Gasteiger partial charge on any atom is -0.354 e. The second-order valence-electron chi connectivity index (χ2n) is 3.80. The number of rotatable bonds is 6. The van der Waals surface area contributed by atoms with Gasteiger partial charge in [-0.2, -0.15) is 4.52 Å². The van der Waals surface area contributed by atoms with Crippen LogP contribution in [0.3, 0.4) is 0 Å². The van der Waals surface area contributed by atoms with Gasteiger partial charge in [0.15, 0.2) is 11.5 Å². The number of nitrogens with one attached hydrogen (secondary N) is 1. The van der Waals surface area contributed by atoms with Crippen LogP contribution >= 0.6 is 0 Å². The average molecular weight is 235 g/mol. The van der Waals surface area contributed by atoms with Crippen LogP contribution in [0.25, 0.3) is 5.65 Å². The maximum atomic E-state index is 4.17. The predicted molar refractivity (Wildman–Crippen MR) is 65.0 cm³/mol. The van der Waals surface area contributed by atoms with Crippen LogP contribution in [0, 0.1) is 0 Å². The zero-order valence-corrected chi connectivity index (χ0v) is 10.2. The smallest absolute Gasteiger partial charge is 0.199 e. The van der Waals surface area contributed by atoms with Gasteiger partial charge >= 0.3 is 0 Å². The topological polar surface area (TPSA) is 71.2 Å². The fraction of sp³-hybridized carbons (Fsp3) is 0.600. The third kappa shape index (κ3) is 2.50. The summed E-state index contributed by atoms with van der Waals surface area (Å²) in [6.07, 6.45) is 4.53. The van der Waals surface area contributed by atoms with Crippen LogP contribution < -0.4 is 10.2 Å². The van der Waals surface area contributed by atoms with E-state index in [0.29, 0.717) is 5.65 Å². The van der Waals surface area contributed by atoms with Crippen molar-refractivity contribution in [2.24, 2.45) is 0 Å². The molecule has 0 radical (unpaired) electrons. The summed E-state index contributed by atoms with van der Waals surface area (Å²) in [7, 11) is 1.94. The third-order valence-corrected chi connectivity index (χ3v) is 2.54. The third-order valence-electron chi connectivity index (χ3n) is 2.54. The Morgan fingerprint density at radius 1 is 1.35 bits per heavy atom. The Morgan fingerprint density at radius 2 is 2.24 bits per heavy atom. The first-order valence-electron chi connectivity index (χ1n) is 5.78. The second-order valence-corrected chi connectivity index (χ2v) is 3.80. The number of hydrogen-bond donors (Lipinski definition) is 1. The molecule has 0 saturated carbocycles. The first-order valence-corrected chi connectivity index (χ1v) is 5.78. The van der Waals surface area contributed by atoms with Crippen LogP contribution in [0.2, 0.25) is 0 Å². The summed E-state index contributed by atoms with van der Waals surface area (Å²) in [5.41, 5.74) is 0.674. The van der Waals surface area contributed by atoms with E-state index in [1.165, 1.54) is 0 Å². The molecule has 7 heteroatoms. The monoisotopic (exact) mass is 235 g/mol. The summed E-state index contributed by atoms with van der Waals surface area (Å²) in [5.74, 6) is 0.935. The van der Waals surface area contributed by atoms with Gasteiger partial charge in [0.1, 0.15) is 0 Å². The summed E-state index contributed by atoms with van der Waals surface area (Å²) < 4.78 is 1.72. The molecular weight excluding hydrogens is 218 g/mol. The van der Waals surface area contributed by atoms with E-state index in [1.807, 2.05) is 7.05 Å². The van der Waals surface area contributed by atoms with Crippen molar-refractivity contribution in [3.05, 3.63) is 12.4 Å². The molecule has 0 spiro atoms. The van der Waals surface area contributed by atoms with Crippen LogP contribution in [0.1, 0.15) is 13.3 Å². The molecule has 0 bridgehead atoms. The maximum Gasteiger partial charge on any atom is 0.199 e. The highest BCUT2D eigenvalue weighted by Gasteiger charge is 2.11. The van der Waals surface area contributed by atoms with Gasteiger partial charge in [-0.1, -0.05) is 6.92 Å². The molecular formula is C10H17N7. The van der Waals surface area contributed by atoms with Crippen LogP contribution in [0.5, 0.6) is 0 Å². The molecule has 0 fully saturated rings. The van der Waals surface area contributed by atoms with E-state index in [-0.39, 0.29) is 0 Å².